The predicted molar refractivity (Wildman–Crippen MR) is 324 cm³/mol. The number of pyridine rings is 2. The molecule has 8 bridgehead atoms. The number of unbranched alkanes of at least 4 members (excludes halogenated alkanes) is 12. The molecular formula is C68H74N8O4. The van der Waals surface area contributed by atoms with E-state index in [4.69, 9.17) is 28.9 Å². The number of nitriles is 2. The lowest BCUT2D eigenvalue weighted by molar-refractivity contribution is 0.289. The molecule has 12 heteroatoms. The van der Waals surface area contributed by atoms with Crippen LogP contribution >= 0.6 is 0 Å². The summed E-state index contributed by atoms with van der Waals surface area (Å²) in [6.45, 7) is 10.7. The van der Waals surface area contributed by atoms with E-state index in [-0.39, 0.29) is 0 Å². The Kier molecular flexibility index (Phi) is 20.0. The summed E-state index contributed by atoms with van der Waals surface area (Å²) < 4.78 is 26.2. The van der Waals surface area contributed by atoms with Gasteiger partial charge in [0.1, 0.15) is 46.3 Å². The molecule has 0 radical (unpaired) electrons. The van der Waals surface area contributed by atoms with E-state index in [2.05, 4.69) is 108 Å². The molecule has 7 aromatic rings. The number of nitrogens with one attached hydrogen (secondary N) is 2. The zero-order chi connectivity index (χ0) is 55.5. The fourth-order valence-electron chi connectivity index (χ4n) is 10.4. The van der Waals surface area contributed by atoms with Crippen molar-refractivity contribution < 1.29 is 18.9 Å². The first kappa shape index (κ1) is 56.2. The quantitative estimate of drug-likeness (QED) is 0.0451. The number of H-pyrrole nitrogens is 2. The van der Waals surface area contributed by atoms with Crippen molar-refractivity contribution in [3.8, 4) is 79.6 Å². The van der Waals surface area contributed by atoms with Gasteiger partial charge in [-0.2, -0.15) is 10.5 Å². The standard InChI is InChI=1S/C68H74N8O4/c1-5-9-13-17-37-77-61-41-49(42-62(51(61)45-69)78-38-18-14-10-6-2)67-57-25-21-53(73-57)65(47-29-33-71-34-30-47)55-23-27-59(75-55)68(60-28-24-56(76-60)66(48-31-35-72-36-32-48)54-22-26-58(67)74-54)50-43-63(79-39-19-15-11-7-3)52(46-70)64(44-50)80-40-20-16-12-8-4/h21-36,41-44,73,76H,5-20,37-40H2,1-4H3. The Labute approximate surface area is 471 Å². The van der Waals surface area contributed by atoms with Crippen molar-refractivity contribution in [3.63, 3.8) is 0 Å². The molecular weight excluding hydrogens is 993 g/mol. The second-order valence-corrected chi connectivity index (χ2v) is 20.5. The molecule has 2 aromatic carbocycles. The summed E-state index contributed by atoms with van der Waals surface area (Å²) in [5.74, 6) is 1.92. The highest BCUT2D eigenvalue weighted by atomic mass is 16.5. The Morgan fingerprint density at radius 3 is 0.900 bits per heavy atom. The van der Waals surface area contributed by atoms with Crippen molar-refractivity contribution >= 4 is 46.4 Å². The molecule has 0 saturated carbocycles. The highest BCUT2D eigenvalue weighted by Gasteiger charge is 2.24. The van der Waals surface area contributed by atoms with Crippen LogP contribution in [-0.2, 0) is 0 Å². The lowest BCUT2D eigenvalue weighted by Gasteiger charge is -2.16. The predicted octanol–water partition coefficient (Wildman–Crippen LogP) is 17.7. The summed E-state index contributed by atoms with van der Waals surface area (Å²) in [4.78, 5) is 27.6. The molecule has 2 aliphatic rings. The van der Waals surface area contributed by atoms with Gasteiger partial charge in [-0.25, -0.2) is 9.97 Å². The van der Waals surface area contributed by atoms with E-state index in [0.717, 1.165) is 181 Å². The van der Waals surface area contributed by atoms with Gasteiger partial charge in [-0.15, -0.1) is 0 Å². The molecule has 12 nitrogen and oxygen atoms in total. The van der Waals surface area contributed by atoms with Crippen molar-refractivity contribution in [2.75, 3.05) is 26.4 Å². The molecule has 5 aromatic heterocycles. The maximum absolute atomic E-state index is 10.7. The molecule has 2 aliphatic heterocycles. The van der Waals surface area contributed by atoms with Crippen LogP contribution in [0, 0.1) is 22.7 Å². The molecule has 7 heterocycles. The van der Waals surface area contributed by atoms with Gasteiger partial charge in [0.15, 0.2) is 0 Å². The van der Waals surface area contributed by atoms with Crippen LogP contribution in [0.3, 0.4) is 0 Å². The van der Waals surface area contributed by atoms with Crippen LogP contribution < -0.4 is 18.9 Å². The smallest absolute Gasteiger partial charge is 0.141 e. The van der Waals surface area contributed by atoms with Crippen molar-refractivity contribution in [2.24, 2.45) is 0 Å². The second kappa shape index (κ2) is 28.4. The number of aromatic amines is 2. The van der Waals surface area contributed by atoms with E-state index in [1.54, 1.807) is 24.8 Å². The first-order valence-corrected chi connectivity index (χ1v) is 29.1. The van der Waals surface area contributed by atoms with E-state index in [1.807, 2.05) is 48.5 Å². The van der Waals surface area contributed by atoms with E-state index in [9.17, 15) is 10.5 Å². The first-order chi connectivity index (χ1) is 39.5. The first-order valence-electron chi connectivity index (χ1n) is 29.1. The highest BCUT2D eigenvalue weighted by molar-refractivity contribution is 6.00. The highest BCUT2D eigenvalue weighted by Crippen LogP contribution is 2.43. The average Bonchev–Trinajstić information content (AvgIpc) is 4.35. The van der Waals surface area contributed by atoms with E-state index >= 15 is 0 Å². The Bertz CT molecular complexity index is 3240. The van der Waals surface area contributed by atoms with Gasteiger partial charge < -0.3 is 28.9 Å². The van der Waals surface area contributed by atoms with Gasteiger partial charge in [0.05, 0.1) is 49.2 Å². The van der Waals surface area contributed by atoms with Crippen molar-refractivity contribution in [2.45, 2.75) is 130 Å². The average molecular weight is 1070 g/mol. The number of rotatable bonds is 28. The van der Waals surface area contributed by atoms with Gasteiger partial charge in [0, 0.05) is 69.1 Å². The third-order valence-corrected chi connectivity index (χ3v) is 14.6. The summed E-state index contributed by atoms with van der Waals surface area (Å²) in [5, 5.41) is 21.5. The molecule has 0 fully saturated rings. The van der Waals surface area contributed by atoms with Gasteiger partial charge >= 0.3 is 0 Å². The third-order valence-electron chi connectivity index (χ3n) is 14.6. The lowest BCUT2D eigenvalue weighted by Crippen LogP contribution is -2.04. The fourth-order valence-corrected chi connectivity index (χ4v) is 10.4. The zero-order valence-corrected chi connectivity index (χ0v) is 47.0. The van der Waals surface area contributed by atoms with Gasteiger partial charge in [-0.3, -0.25) is 9.97 Å². The number of benzene rings is 2. The molecule has 0 saturated heterocycles. The van der Waals surface area contributed by atoms with E-state index < -0.39 is 0 Å². The van der Waals surface area contributed by atoms with Crippen LogP contribution in [-0.4, -0.2) is 56.3 Å². The lowest BCUT2D eigenvalue weighted by atomic mass is 10.0. The summed E-state index contributed by atoms with van der Waals surface area (Å²) in [7, 11) is 0. The van der Waals surface area contributed by atoms with Gasteiger partial charge in [0.2, 0.25) is 0 Å². The van der Waals surface area contributed by atoms with Crippen LogP contribution in [0.5, 0.6) is 23.0 Å². The Balaban J connectivity index is 1.34. The van der Waals surface area contributed by atoms with Gasteiger partial charge in [-0.05, 0) is 145 Å². The molecule has 9 rings (SSSR count). The number of hydrogen-bond donors (Lipinski definition) is 2. The third kappa shape index (κ3) is 13.5. The minimum atomic E-state index is 0.383. The van der Waals surface area contributed by atoms with Crippen LogP contribution in [0.1, 0.15) is 164 Å². The van der Waals surface area contributed by atoms with Crippen molar-refractivity contribution in [3.05, 3.63) is 131 Å². The molecule has 0 unspecified atom stereocenters. The van der Waals surface area contributed by atoms with Crippen LogP contribution in [0.25, 0.3) is 90.9 Å². The summed E-state index contributed by atoms with van der Waals surface area (Å²) in [5.41, 5.74) is 13.7. The maximum Gasteiger partial charge on any atom is 0.141 e. The zero-order valence-electron chi connectivity index (χ0n) is 47.0. The molecule has 410 valence electrons. The maximum atomic E-state index is 10.7. The van der Waals surface area contributed by atoms with E-state index in [0.29, 0.717) is 71.9 Å². The molecule has 0 atom stereocenters. The molecule has 0 spiro atoms. The van der Waals surface area contributed by atoms with Gasteiger partial charge in [-0.1, -0.05) is 105 Å². The Morgan fingerprint density at radius 1 is 0.362 bits per heavy atom. The largest absolute Gasteiger partial charge is 0.492 e. The Morgan fingerprint density at radius 2 is 0.637 bits per heavy atom. The van der Waals surface area contributed by atoms with Crippen LogP contribution in [0.2, 0.25) is 0 Å². The minimum Gasteiger partial charge on any atom is -0.492 e. The monoisotopic (exact) mass is 1070 g/mol. The summed E-state index contributed by atoms with van der Waals surface area (Å²) >= 11 is 0. The number of nitrogens with zero attached hydrogens (tertiary/aromatic N) is 6. The SMILES string of the molecule is CCCCCCOc1cc(-c2c3nc(c(-c4ccncc4)c4ccc([nH]4)c(-c4cc(OCCCCCC)c(C#N)c(OCCCCCC)c4)c4nc(c(-c5ccncc5)c5ccc2[nH]5)C=C4)C=C3)cc(OCCCCCC)c1C#N. The summed E-state index contributed by atoms with van der Waals surface area (Å²) in [6.07, 6.45) is 32.0. The molecule has 2 N–H and O–H groups in total. The topological polar surface area (TPSA) is 168 Å². The summed E-state index contributed by atoms with van der Waals surface area (Å²) in [6, 6.07) is 29.1. The molecule has 0 aliphatic carbocycles. The van der Waals surface area contributed by atoms with E-state index in [1.165, 1.54) is 0 Å². The number of aromatic nitrogens is 6. The second-order valence-electron chi connectivity index (χ2n) is 20.5. The van der Waals surface area contributed by atoms with Crippen molar-refractivity contribution in [1.82, 2.24) is 29.9 Å². The normalized spacial score (nSPS) is 11.6. The number of ether oxygens (including phenoxy) is 4. The molecule has 80 heavy (non-hydrogen) atoms. The number of hydrogen-bond acceptors (Lipinski definition) is 10. The molecule has 0 amide bonds. The van der Waals surface area contributed by atoms with Crippen molar-refractivity contribution in [1.29, 1.82) is 10.5 Å². The fraction of sp³-hybridized carbons (Fsp3) is 0.353. The van der Waals surface area contributed by atoms with Gasteiger partial charge in [0.25, 0.3) is 0 Å². The minimum absolute atomic E-state index is 0.383. The number of fused-ring (bicyclic) bond motifs is 8. The Hall–Kier alpha value is -8.48. The van der Waals surface area contributed by atoms with Crippen LogP contribution in [0.15, 0.2) is 97.6 Å². The van der Waals surface area contributed by atoms with Crippen LogP contribution in [0.4, 0.5) is 0 Å².